The highest BCUT2D eigenvalue weighted by atomic mass is 32.2. The van der Waals surface area contributed by atoms with Gasteiger partial charge in [-0.3, -0.25) is 14.2 Å². The SMILES string of the molecule is CCNC(=O)[C@@H](C)NC(=O)CSc1nncn1-c1ccccc1. The van der Waals surface area contributed by atoms with E-state index >= 15 is 0 Å². The molecule has 0 aliphatic rings. The number of likely N-dealkylation sites (N-methyl/N-ethyl adjacent to an activating group) is 1. The fourth-order valence-corrected chi connectivity index (χ4v) is 2.63. The predicted octanol–water partition coefficient (Wildman–Crippen LogP) is 1.00. The number of para-hydroxylation sites is 1. The van der Waals surface area contributed by atoms with Gasteiger partial charge in [0.15, 0.2) is 5.16 Å². The molecule has 1 aromatic carbocycles. The molecule has 8 heteroatoms. The van der Waals surface area contributed by atoms with Crippen LogP contribution in [0.3, 0.4) is 0 Å². The number of rotatable bonds is 7. The Balaban J connectivity index is 1.91. The van der Waals surface area contributed by atoms with E-state index in [1.807, 2.05) is 41.8 Å². The third-order valence-corrected chi connectivity index (χ3v) is 3.95. The minimum Gasteiger partial charge on any atom is -0.355 e. The fourth-order valence-electron chi connectivity index (χ4n) is 1.89. The topological polar surface area (TPSA) is 88.9 Å². The monoisotopic (exact) mass is 333 g/mol. The molecule has 0 fully saturated rings. The number of carbonyl (C=O) groups excluding carboxylic acids is 2. The normalized spacial score (nSPS) is 11.7. The average molecular weight is 333 g/mol. The molecule has 0 aliphatic carbocycles. The zero-order chi connectivity index (χ0) is 16.7. The van der Waals surface area contributed by atoms with Crippen LogP contribution in [0.1, 0.15) is 13.8 Å². The fraction of sp³-hybridized carbons (Fsp3) is 0.333. The first-order chi connectivity index (χ1) is 11.1. The quantitative estimate of drug-likeness (QED) is 0.738. The summed E-state index contributed by atoms with van der Waals surface area (Å²) >= 11 is 1.27. The first-order valence-corrected chi connectivity index (χ1v) is 8.25. The van der Waals surface area contributed by atoms with Gasteiger partial charge in [-0.05, 0) is 26.0 Å². The minimum absolute atomic E-state index is 0.162. The Labute approximate surface area is 138 Å². The number of hydrogen-bond donors (Lipinski definition) is 2. The largest absolute Gasteiger partial charge is 0.355 e. The van der Waals surface area contributed by atoms with Crippen LogP contribution in [0.25, 0.3) is 5.69 Å². The Hall–Kier alpha value is -2.35. The summed E-state index contributed by atoms with van der Waals surface area (Å²) < 4.78 is 1.81. The van der Waals surface area contributed by atoms with E-state index in [2.05, 4.69) is 20.8 Å². The molecule has 0 aliphatic heterocycles. The molecule has 2 rings (SSSR count). The highest BCUT2D eigenvalue weighted by Crippen LogP contribution is 2.18. The van der Waals surface area contributed by atoms with E-state index in [1.165, 1.54) is 11.8 Å². The van der Waals surface area contributed by atoms with E-state index in [-0.39, 0.29) is 17.6 Å². The van der Waals surface area contributed by atoms with E-state index in [0.717, 1.165) is 5.69 Å². The summed E-state index contributed by atoms with van der Waals surface area (Å²) in [6.45, 7) is 4.02. The zero-order valence-corrected chi connectivity index (χ0v) is 13.8. The molecular formula is C15H19N5O2S. The molecule has 2 aromatic rings. The van der Waals surface area contributed by atoms with Gasteiger partial charge < -0.3 is 10.6 Å². The van der Waals surface area contributed by atoms with Crippen LogP contribution in [0, 0.1) is 0 Å². The van der Waals surface area contributed by atoms with Crippen molar-refractivity contribution in [2.24, 2.45) is 0 Å². The summed E-state index contributed by atoms with van der Waals surface area (Å²) in [6, 6.07) is 9.08. The number of carbonyl (C=O) groups is 2. The smallest absolute Gasteiger partial charge is 0.242 e. The molecule has 0 unspecified atom stereocenters. The number of benzene rings is 1. The summed E-state index contributed by atoms with van der Waals surface area (Å²) in [4.78, 5) is 23.5. The van der Waals surface area contributed by atoms with Gasteiger partial charge in [-0.15, -0.1) is 10.2 Å². The van der Waals surface area contributed by atoms with Gasteiger partial charge in [0.2, 0.25) is 11.8 Å². The van der Waals surface area contributed by atoms with E-state index in [4.69, 9.17) is 0 Å². The van der Waals surface area contributed by atoms with Gasteiger partial charge in [0.25, 0.3) is 0 Å². The Kier molecular flexibility index (Phi) is 6.16. The van der Waals surface area contributed by atoms with Gasteiger partial charge in [-0.25, -0.2) is 0 Å². The number of nitrogens with one attached hydrogen (secondary N) is 2. The van der Waals surface area contributed by atoms with Crippen LogP contribution < -0.4 is 10.6 Å². The van der Waals surface area contributed by atoms with Gasteiger partial charge in [0, 0.05) is 12.2 Å². The molecule has 0 saturated heterocycles. The summed E-state index contributed by atoms with van der Waals surface area (Å²) in [5, 5.41) is 13.9. The summed E-state index contributed by atoms with van der Waals surface area (Å²) in [5.41, 5.74) is 0.927. The number of nitrogens with zero attached hydrogens (tertiary/aromatic N) is 3. The van der Waals surface area contributed by atoms with Crippen molar-refractivity contribution in [2.45, 2.75) is 25.0 Å². The van der Waals surface area contributed by atoms with Gasteiger partial charge in [0.1, 0.15) is 12.4 Å². The molecule has 1 atom stereocenters. The molecule has 1 heterocycles. The van der Waals surface area contributed by atoms with Gasteiger partial charge in [0.05, 0.1) is 5.75 Å². The molecule has 0 bridgehead atoms. The lowest BCUT2D eigenvalue weighted by molar-refractivity contribution is -0.127. The molecule has 7 nitrogen and oxygen atoms in total. The van der Waals surface area contributed by atoms with Crippen LogP contribution in [-0.4, -0.2) is 44.9 Å². The maximum atomic E-state index is 11.9. The van der Waals surface area contributed by atoms with Crippen molar-refractivity contribution in [1.29, 1.82) is 0 Å². The van der Waals surface area contributed by atoms with Crippen LogP contribution in [0.2, 0.25) is 0 Å². The summed E-state index contributed by atoms with van der Waals surface area (Å²) in [6.07, 6.45) is 1.60. The maximum Gasteiger partial charge on any atom is 0.242 e. The summed E-state index contributed by atoms with van der Waals surface area (Å²) in [5.74, 6) is -0.260. The third-order valence-electron chi connectivity index (χ3n) is 3.00. The molecule has 0 saturated carbocycles. The van der Waals surface area contributed by atoms with Crippen molar-refractivity contribution in [3.8, 4) is 5.69 Å². The van der Waals surface area contributed by atoms with E-state index in [1.54, 1.807) is 13.3 Å². The highest BCUT2D eigenvalue weighted by Gasteiger charge is 2.16. The Morgan fingerprint density at radius 3 is 2.74 bits per heavy atom. The lowest BCUT2D eigenvalue weighted by atomic mass is 10.3. The molecular weight excluding hydrogens is 314 g/mol. The number of aromatic nitrogens is 3. The van der Waals surface area contributed by atoms with E-state index in [0.29, 0.717) is 11.7 Å². The summed E-state index contributed by atoms with van der Waals surface area (Å²) in [7, 11) is 0. The average Bonchev–Trinajstić information content (AvgIpc) is 3.02. The van der Waals surface area contributed by atoms with E-state index < -0.39 is 6.04 Å². The van der Waals surface area contributed by atoms with Crippen molar-refractivity contribution in [1.82, 2.24) is 25.4 Å². The molecule has 122 valence electrons. The molecule has 1 aromatic heterocycles. The van der Waals surface area contributed by atoms with Crippen LogP contribution >= 0.6 is 11.8 Å². The second kappa shape index (κ2) is 8.33. The van der Waals surface area contributed by atoms with Gasteiger partial charge in [-0.2, -0.15) is 0 Å². The lowest BCUT2D eigenvalue weighted by Gasteiger charge is -2.13. The standard InChI is InChI=1S/C15H19N5O2S/c1-3-16-14(22)11(2)18-13(21)9-23-15-19-17-10-20(15)12-7-5-4-6-8-12/h4-8,10-11H,3,9H2,1-2H3,(H,16,22)(H,18,21)/t11-/m1/s1. The van der Waals surface area contributed by atoms with Gasteiger partial charge in [-0.1, -0.05) is 30.0 Å². The molecule has 2 amide bonds. The maximum absolute atomic E-state index is 11.9. The van der Waals surface area contributed by atoms with Crippen LogP contribution in [-0.2, 0) is 9.59 Å². The molecule has 2 N–H and O–H groups in total. The van der Waals surface area contributed by atoms with Crippen molar-refractivity contribution in [3.63, 3.8) is 0 Å². The lowest BCUT2D eigenvalue weighted by Crippen LogP contribution is -2.45. The molecule has 0 radical (unpaired) electrons. The second-order valence-corrected chi connectivity index (χ2v) is 5.73. The van der Waals surface area contributed by atoms with Gasteiger partial charge >= 0.3 is 0 Å². The number of hydrogen-bond acceptors (Lipinski definition) is 5. The number of amides is 2. The Bertz CT molecular complexity index is 659. The Morgan fingerprint density at radius 2 is 2.04 bits per heavy atom. The first-order valence-electron chi connectivity index (χ1n) is 7.27. The van der Waals surface area contributed by atoms with Crippen molar-refractivity contribution < 1.29 is 9.59 Å². The van der Waals surface area contributed by atoms with Crippen molar-refractivity contribution in [3.05, 3.63) is 36.7 Å². The number of thioether (sulfide) groups is 1. The molecule has 23 heavy (non-hydrogen) atoms. The van der Waals surface area contributed by atoms with Crippen LogP contribution in [0.4, 0.5) is 0 Å². The third kappa shape index (κ3) is 4.82. The second-order valence-electron chi connectivity index (χ2n) is 4.79. The first kappa shape index (κ1) is 17.0. The molecule has 0 spiro atoms. The van der Waals surface area contributed by atoms with E-state index in [9.17, 15) is 9.59 Å². The minimum atomic E-state index is -0.560. The zero-order valence-electron chi connectivity index (χ0n) is 13.0. The van der Waals surface area contributed by atoms with Crippen molar-refractivity contribution >= 4 is 23.6 Å². The van der Waals surface area contributed by atoms with Crippen molar-refractivity contribution in [2.75, 3.05) is 12.3 Å². The van der Waals surface area contributed by atoms with Crippen LogP contribution in [0.15, 0.2) is 41.8 Å². The predicted molar refractivity (Wildman–Crippen MR) is 88.4 cm³/mol. The van der Waals surface area contributed by atoms with Crippen LogP contribution in [0.5, 0.6) is 0 Å². The highest BCUT2D eigenvalue weighted by molar-refractivity contribution is 7.99. The Morgan fingerprint density at radius 1 is 1.30 bits per heavy atom.